The zero-order chi connectivity index (χ0) is 10.8. The highest BCUT2D eigenvalue weighted by Crippen LogP contribution is 2.27. The van der Waals surface area contributed by atoms with Crippen molar-refractivity contribution in [2.45, 2.75) is 18.8 Å². The summed E-state index contributed by atoms with van der Waals surface area (Å²) in [6.07, 6.45) is 0.804. The molecule has 1 atom stereocenters. The van der Waals surface area contributed by atoms with Crippen molar-refractivity contribution in [1.82, 2.24) is 0 Å². The Morgan fingerprint density at radius 2 is 1.87 bits per heavy atom. The molecule has 1 aliphatic rings. The molecule has 4 heteroatoms. The quantitative estimate of drug-likeness (QED) is 0.543. The monoisotopic (exact) mass is 224 g/mol. The van der Waals surface area contributed by atoms with Crippen LogP contribution in [0.5, 0.6) is 0 Å². The molecule has 78 valence electrons. The van der Waals surface area contributed by atoms with Crippen LogP contribution in [-0.4, -0.2) is 11.9 Å². The van der Waals surface area contributed by atoms with Crippen molar-refractivity contribution in [1.29, 1.82) is 0 Å². The summed E-state index contributed by atoms with van der Waals surface area (Å²) in [6, 6.07) is 7.01. The Balaban J connectivity index is 2.20. The summed E-state index contributed by atoms with van der Waals surface area (Å²) >= 11 is 5.74. The molecule has 1 aliphatic heterocycles. The van der Waals surface area contributed by atoms with Gasteiger partial charge < -0.3 is 4.74 Å². The van der Waals surface area contributed by atoms with Gasteiger partial charge in [0.15, 0.2) is 0 Å². The Morgan fingerprint density at radius 1 is 1.20 bits per heavy atom. The minimum absolute atomic E-state index is 0.291. The Hall–Kier alpha value is -1.35. The predicted molar refractivity (Wildman–Crippen MR) is 54.5 cm³/mol. The van der Waals surface area contributed by atoms with E-state index in [1.54, 1.807) is 24.3 Å². The maximum Gasteiger partial charge on any atom is 0.321 e. The molecule has 1 fully saturated rings. The molecule has 0 aromatic heterocycles. The van der Waals surface area contributed by atoms with Crippen LogP contribution < -0.4 is 0 Å². The van der Waals surface area contributed by atoms with Crippen molar-refractivity contribution < 1.29 is 14.3 Å². The van der Waals surface area contributed by atoms with Crippen molar-refractivity contribution in [2.75, 3.05) is 0 Å². The lowest BCUT2D eigenvalue weighted by atomic mass is 9.93. The number of benzene rings is 1. The van der Waals surface area contributed by atoms with Crippen LogP contribution in [0, 0.1) is 0 Å². The molecule has 0 aliphatic carbocycles. The van der Waals surface area contributed by atoms with Gasteiger partial charge in [-0.05, 0) is 24.1 Å². The van der Waals surface area contributed by atoms with Crippen LogP contribution in [0.2, 0.25) is 5.02 Å². The number of carbonyl (C=O) groups excluding carboxylic acids is 2. The van der Waals surface area contributed by atoms with Gasteiger partial charge in [0.1, 0.15) is 0 Å². The molecule has 1 aromatic carbocycles. The van der Waals surface area contributed by atoms with Gasteiger partial charge in [-0.25, -0.2) is 0 Å². The number of hydrogen-bond acceptors (Lipinski definition) is 3. The van der Waals surface area contributed by atoms with Crippen molar-refractivity contribution in [3.63, 3.8) is 0 Å². The van der Waals surface area contributed by atoms with Crippen LogP contribution in [0.25, 0.3) is 0 Å². The summed E-state index contributed by atoms with van der Waals surface area (Å²) in [5.74, 6) is -1.24. The highest BCUT2D eigenvalue weighted by molar-refractivity contribution is 6.30. The van der Waals surface area contributed by atoms with Crippen LogP contribution >= 0.6 is 11.6 Å². The van der Waals surface area contributed by atoms with E-state index in [2.05, 4.69) is 4.74 Å². The first kappa shape index (κ1) is 10.2. The standard InChI is InChI=1S/C11H9ClO3/c12-8-3-1-7(2-4-8)9-5-6-10(13)15-11(9)14/h1-4,9H,5-6H2. The molecule has 0 N–H and O–H groups in total. The first-order valence-corrected chi connectivity index (χ1v) is 5.04. The lowest BCUT2D eigenvalue weighted by Crippen LogP contribution is -2.26. The number of halogens is 1. The molecule has 1 heterocycles. The number of cyclic esters (lactones) is 2. The molecular weight excluding hydrogens is 216 g/mol. The maximum atomic E-state index is 11.4. The van der Waals surface area contributed by atoms with Crippen LogP contribution in [-0.2, 0) is 14.3 Å². The molecule has 0 bridgehead atoms. The maximum absolute atomic E-state index is 11.4. The first-order valence-electron chi connectivity index (χ1n) is 4.67. The zero-order valence-corrected chi connectivity index (χ0v) is 8.66. The summed E-state index contributed by atoms with van der Waals surface area (Å²) in [7, 11) is 0. The van der Waals surface area contributed by atoms with E-state index >= 15 is 0 Å². The highest BCUT2D eigenvalue weighted by Gasteiger charge is 2.29. The third-order valence-corrected chi connectivity index (χ3v) is 2.66. The second kappa shape index (κ2) is 4.03. The van der Waals surface area contributed by atoms with Crippen LogP contribution in [0.1, 0.15) is 24.3 Å². The Bertz CT molecular complexity index is 397. The van der Waals surface area contributed by atoms with E-state index < -0.39 is 11.9 Å². The van der Waals surface area contributed by atoms with E-state index in [-0.39, 0.29) is 5.92 Å². The molecular formula is C11H9ClO3. The average molecular weight is 225 g/mol. The third-order valence-electron chi connectivity index (χ3n) is 2.41. The van der Waals surface area contributed by atoms with Crippen LogP contribution in [0.3, 0.4) is 0 Å². The van der Waals surface area contributed by atoms with Gasteiger partial charge in [-0.15, -0.1) is 0 Å². The summed E-state index contributed by atoms with van der Waals surface area (Å²) < 4.78 is 4.57. The number of ether oxygens (including phenoxy) is 1. The molecule has 0 amide bonds. The third kappa shape index (κ3) is 2.18. The second-order valence-electron chi connectivity index (χ2n) is 3.44. The van der Waals surface area contributed by atoms with Gasteiger partial charge in [0.25, 0.3) is 0 Å². The molecule has 3 nitrogen and oxygen atoms in total. The van der Waals surface area contributed by atoms with E-state index in [4.69, 9.17) is 11.6 Å². The average Bonchev–Trinajstić information content (AvgIpc) is 2.20. The largest absolute Gasteiger partial charge is 0.393 e. The fourth-order valence-corrected chi connectivity index (χ4v) is 1.74. The summed E-state index contributed by atoms with van der Waals surface area (Å²) in [5.41, 5.74) is 0.844. The molecule has 15 heavy (non-hydrogen) atoms. The van der Waals surface area contributed by atoms with Crippen molar-refractivity contribution in [3.8, 4) is 0 Å². The van der Waals surface area contributed by atoms with Gasteiger partial charge in [-0.1, -0.05) is 23.7 Å². The van der Waals surface area contributed by atoms with Crippen LogP contribution in [0.15, 0.2) is 24.3 Å². The van der Waals surface area contributed by atoms with Gasteiger partial charge in [0.2, 0.25) is 0 Å². The molecule has 0 spiro atoms. The van der Waals surface area contributed by atoms with Gasteiger partial charge in [-0.3, -0.25) is 9.59 Å². The number of carbonyl (C=O) groups is 2. The molecule has 0 radical (unpaired) electrons. The number of rotatable bonds is 1. The molecule has 2 rings (SSSR count). The Morgan fingerprint density at radius 3 is 2.47 bits per heavy atom. The molecule has 0 saturated carbocycles. The summed E-state index contributed by atoms with van der Waals surface area (Å²) in [6.45, 7) is 0. The van der Waals surface area contributed by atoms with Gasteiger partial charge in [-0.2, -0.15) is 0 Å². The lowest BCUT2D eigenvalue weighted by Gasteiger charge is -2.19. The van der Waals surface area contributed by atoms with Crippen LogP contribution in [0.4, 0.5) is 0 Å². The fraction of sp³-hybridized carbons (Fsp3) is 0.273. The highest BCUT2D eigenvalue weighted by atomic mass is 35.5. The topological polar surface area (TPSA) is 43.4 Å². The number of hydrogen-bond donors (Lipinski definition) is 0. The molecule has 1 saturated heterocycles. The van der Waals surface area contributed by atoms with E-state index in [1.165, 1.54) is 0 Å². The molecule has 1 unspecified atom stereocenters. The smallest absolute Gasteiger partial charge is 0.321 e. The fourth-order valence-electron chi connectivity index (χ4n) is 1.61. The minimum Gasteiger partial charge on any atom is -0.393 e. The Kier molecular flexibility index (Phi) is 2.73. The van der Waals surface area contributed by atoms with Crippen molar-refractivity contribution >= 4 is 23.5 Å². The normalized spacial score (nSPS) is 21.3. The zero-order valence-electron chi connectivity index (χ0n) is 7.90. The van der Waals surface area contributed by atoms with E-state index in [0.29, 0.717) is 17.9 Å². The second-order valence-corrected chi connectivity index (χ2v) is 3.87. The van der Waals surface area contributed by atoms with Gasteiger partial charge in [0, 0.05) is 11.4 Å². The first-order chi connectivity index (χ1) is 7.16. The van der Waals surface area contributed by atoms with Gasteiger partial charge >= 0.3 is 11.9 Å². The Labute approximate surface area is 92.0 Å². The van der Waals surface area contributed by atoms with E-state index in [0.717, 1.165) is 5.56 Å². The van der Waals surface area contributed by atoms with Gasteiger partial charge in [0.05, 0.1) is 5.92 Å². The lowest BCUT2D eigenvalue weighted by molar-refractivity contribution is -0.164. The van der Waals surface area contributed by atoms with E-state index in [1.807, 2.05) is 0 Å². The predicted octanol–water partition coefficient (Wildman–Crippen LogP) is 2.29. The summed E-state index contributed by atoms with van der Waals surface area (Å²) in [5, 5.41) is 0.624. The SMILES string of the molecule is O=C1CCC(c2ccc(Cl)cc2)C(=O)O1. The van der Waals surface area contributed by atoms with E-state index in [9.17, 15) is 9.59 Å². The minimum atomic E-state index is -0.464. The molecule has 1 aromatic rings. The van der Waals surface area contributed by atoms with Crippen molar-refractivity contribution in [3.05, 3.63) is 34.9 Å². The van der Waals surface area contributed by atoms with Crippen molar-refractivity contribution in [2.24, 2.45) is 0 Å². The number of esters is 2. The summed E-state index contributed by atoms with van der Waals surface area (Å²) in [4.78, 5) is 22.3.